The number of hydrogen-bond acceptors (Lipinski definition) is 4. The van der Waals surface area contributed by atoms with E-state index in [4.69, 9.17) is 0 Å². The first-order valence-electron chi connectivity index (χ1n) is 11.3. The Kier molecular flexibility index (Phi) is 8.74. The third kappa shape index (κ3) is 7.47. The van der Waals surface area contributed by atoms with Crippen molar-refractivity contribution >= 4 is 15.9 Å². The van der Waals surface area contributed by atoms with Crippen molar-refractivity contribution in [3.05, 3.63) is 90.2 Å². The van der Waals surface area contributed by atoms with Crippen LogP contribution in [0.1, 0.15) is 25.8 Å². The lowest BCUT2D eigenvalue weighted by atomic mass is 10.0. The van der Waals surface area contributed by atoms with E-state index in [1.165, 1.54) is 24.3 Å². The van der Waals surface area contributed by atoms with Crippen molar-refractivity contribution in [1.29, 1.82) is 5.26 Å². The smallest absolute Gasteiger partial charge is 0.241 e. The molecule has 0 unspecified atom stereocenters. The summed E-state index contributed by atoms with van der Waals surface area (Å²) >= 11 is 0. The van der Waals surface area contributed by atoms with Crippen LogP contribution in [0, 0.1) is 23.1 Å². The van der Waals surface area contributed by atoms with E-state index >= 15 is 0 Å². The number of nitriles is 1. The summed E-state index contributed by atoms with van der Waals surface area (Å²) < 4.78 is 42.2. The first-order chi connectivity index (χ1) is 16.7. The van der Waals surface area contributed by atoms with Crippen molar-refractivity contribution in [1.82, 2.24) is 10.0 Å². The molecule has 0 spiro atoms. The fraction of sp³-hybridized carbons (Fsp3) is 0.259. The molecule has 1 amide bonds. The summed E-state index contributed by atoms with van der Waals surface area (Å²) in [5, 5.41) is 12.2. The SMILES string of the molecule is CC(C)C[C@H](NS(=O)(=O)c1cccc(-c2ccc(F)cc2)c1)C(=O)N[C@H](C#N)Cc1ccccc1. The number of carbonyl (C=O) groups is 1. The number of nitrogens with zero attached hydrogens (tertiary/aromatic N) is 1. The summed E-state index contributed by atoms with van der Waals surface area (Å²) in [6.45, 7) is 3.77. The second kappa shape index (κ2) is 11.7. The molecule has 0 bridgehead atoms. The van der Waals surface area contributed by atoms with Crippen LogP contribution in [0.25, 0.3) is 11.1 Å². The maximum Gasteiger partial charge on any atom is 0.241 e. The number of sulfonamides is 1. The van der Waals surface area contributed by atoms with E-state index in [-0.39, 0.29) is 23.1 Å². The maximum atomic E-state index is 13.3. The summed E-state index contributed by atoms with van der Waals surface area (Å²) in [5.74, 6) is -0.919. The second-order valence-corrected chi connectivity index (χ2v) is 10.4. The fourth-order valence-electron chi connectivity index (χ4n) is 3.67. The number of carbonyl (C=O) groups excluding carboxylic acids is 1. The molecule has 0 saturated carbocycles. The molecule has 8 heteroatoms. The predicted octanol–water partition coefficient (Wildman–Crippen LogP) is 4.44. The highest BCUT2D eigenvalue weighted by atomic mass is 32.2. The first kappa shape index (κ1) is 26.1. The Morgan fingerprint density at radius 1 is 0.971 bits per heavy atom. The van der Waals surface area contributed by atoms with Crippen molar-refractivity contribution in [2.24, 2.45) is 5.92 Å². The van der Waals surface area contributed by atoms with Gasteiger partial charge in [-0.1, -0.05) is 68.4 Å². The number of rotatable bonds is 10. The summed E-state index contributed by atoms with van der Waals surface area (Å²) in [7, 11) is -4.06. The minimum absolute atomic E-state index is 0.0120. The monoisotopic (exact) mass is 493 g/mol. The van der Waals surface area contributed by atoms with Gasteiger partial charge in [-0.15, -0.1) is 0 Å². The van der Waals surface area contributed by atoms with Gasteiger partial charge in [0.25, 0.3) is 0 Å². The molecule has 3 aromatic carbocycles. The second-order valence-electron chi connectivity index (χ2n) is 8.72. The number of hydrogen-bond donors (Lipinski definition) is 2. The lowest BCUT2D eigenvalue weighted by molar-refractivity contribution is -0.123. The summed E-state index contributed by atoms with van der Waals surface area (Å²) in [4.78, 5) is 13.0. The standard InChI is InChI=1S/C27H28FN3O3S/c1-19(2)15-26(27(32)30-24(18-29)16-20-7-4-3-5-8-20)31-35(33,34)25-10-6-9-22(17-25)21-11-13-23(28)14-12-21/h3-14,17,19,24,26,31H,15-16H2,1-2H3,(H,30,32)/t24-,26-/m0/s1. The van der Waals surface area contributed by atoms with Crippen LogP contribution in [0.4, 0.5) is 4.39 Å². The Balaban J connectivity index is 1.79. The molecule has 0 aromatic heterocycles. The van der Waals surface area contributed by atoms with Crippen LogP contribution in [0.5, 0.6) is 0 Å². The molecular formula is C27H28FN3O3S. The molecule has 0 aliphatic heterocycles. The molecule has 3 rings (SSSR count). The number of halogens is 1. The van der Waals surface area contributed by atoms with Gasteiger partial charge in [0.15, 0.2) is 0 Å². The Hall–Kier alpha value is -3.54. The Bertz CT molecular complexity index is 1290. The van der Waals surface area contributed by atoms with Gasteiger partial charge in [-0.25, -0.2) is 12.8 Å². The van der Waals surface area contributed by atoms with E-state index in [9.17, 15) is 22.9 Å². The largest absolute Gasteiger partial charge is 0.339 e. The van der Waals surface area contributed by atoms with E-state index in [1.807, 2.05) is 44.2 Å². The van der Waals surface area contributed by atoms with Crippen LogP contribution in [0.3, 0.4) is 0 Å². The van der Waals surface area contributed by atoms with Gasteiger partial charge in [-0.3, -0.25) is 4.79 Å². The summed E-state index contributed by atoms with van der Waals surface area (Å²) in [5.41, 5.74) is 2.15. The van der Waals surface area contributed by atoms with Crippen LogP contribution in [-0.4, -0.2) is 26.4 Å². The zero-order chi connectivity index (χ0) is 25.4. The van der Waals surface area contributed by atoms with Gasteiger partial charge in [0.2, 0.25) is 15.9 Å². The average Bonchev–Trinajstić information content (AvgIpc) is 2.84. The third-order valence-corrected chi connectivity index (χ3v) is 6.87. The molecule has 2 N–H and O–H groups in total. The Morgan fingerprint density at radius 2 is 1.66 bits per heavy atom. The van der Waals surface area contributed by atoms with Gasteiger partial charge >= 0.3 is 0 Å². The number of nitrogens with one attached hydrogen (secondary N) is 2. The minimum atomic E-state index is -4.06. The zero-order valence-corrected chi connectivity index (χ0v) is 20.4. The average molecular weight is 494 g/mol. The van der Waals surface area contributed by atoms with E-state index in [0.29, 0.717) is 17.5 Å². The quantitative estimate of drug-likeness (QED) is 0.436. The highest BCUT2D eigenvalue weighted by Gasteiger charge is 2.28. The molecule has 0 aliphatic carbocycles. The molecule has 3 aromatic rings. The molecular weight excluding hydrogens is 465 g/mol. The summed E-state index contributed by atoms with van der Waals surface area (Å²) in [6, 6.07) is 21.5. The van der Waals surface area contributed by atoms with Crippen molar-refractivity contribution < 1.29 is 17.6 Å². The van der Waals surface area contributed by atoms with Gasteiger partial charge in [-0.2, -0.15) is 9.98 Å². The predicted molar refractivity (Wildman–Crippen MR) is 133 cm³/mol. The van der Waals surface area contributed by atoms with Crippen molar-refractivity contribution in [3.63, 3.8) is 0 Å². The van der Waals surface area contributed by atoms with Crippen LogP contribution in [-0.2, 0) is 21.2 Å². The molecule has 0 fully saturated rings. The number of amides is 1. The molecule has 0 saturated heterocycles. The van der Waals surface area contributed by atoms with Gasteiger partial charge in [0, 0.05) is 6.42 Å². The topological polar surface area (TPSA) is 99.1 Å². The van der Waals surface area contributed by atoms with Crippen LogP contribution in [0.2, 0.25) is 0 Å². The highest BCUT2D eigenvalue weighted by Crippen LogP contribution is 2.23. The third-order valence-electron chi connectivity index (χ3n) is 5.40. The van der Waals surface area contributed by atoms with Gasteiger partial charge in [-0.05, 0) is 53.3 Å². The molecule has 0 radical (unpaired) electrons. The molecule has 35 heavy (non-hydrogen) atoms. The molecule has 6 nitrogen and oxygen atoms in total. The lowest BCUT2D eigenvalue weighted by Crippen LogP contribution is -2.50. The molecule has 0 aliphatic rings. The van der Waals surface area contributed by atoms with Gasteiger partial charge in [0.1, 0.15) is 17.9 Å². The van der Waals surface area contributed by atoms with Crippen molar-refractivity contribution in [2.45, 2.75) is 43.7 Å². The molecule has 0 heterocycles. The zero-order valence-electron chi connectivity index (χ0n) is 19.6. The van der Waals surface area contributed by atoms with E-state index in [2.05, 4.69) is 16.1 Å². The maximum absolute atomic E-state index is 13.3. The highest BCUT2D eigenvalue weighted by molar-refractivity contribution is 7.89. The van der Waals surface area contributed by atoms with Crippen molar-refractivity contribution in [2.75, 3.05) is 0 Å². The molecule has 182 valence electrons. The van der Waals surface area contributed by atoms with Gasteiger partial charge < -0.3 is 5.32 Å². The number of benzene rings is 3. The van der Waals surface area contributed by atoms with Crippen LogP contribution in [0.15, 0.2) is 83.8 Å². The van der Waals surface area contributed by atoms with Crippen molar-refractivity contribution in [3.8, 4) is 17.2 Å². The normalized spacial score (nSPS) is 13.1. The van der Waals surface area contributed by atoms with Crippen LogP contribution < -0.4 is 10.0 Å². The molecule has 2 atom stereocenters. The minimum Gasteiger partial charge on any atom is -0.339 e. The lowest BCUT2D eigenvalue weighted by Gasteiger charge is -2.22. The van der Waals surface area contributed by atoms with Gasteiger partial charge in [0.05, 0.1) is 11.0 Å². The Morgan fingerprint density at radius 3 is 2.29 bits per heavy atom. The first-order valence-corrected chi connectivity index (χ1v) is 12.8. The van der Waals surface area contributed by atoms with E-state index < -0.39 is 28.0 Å². The Labute approximate surface area is 205 Å². The van der Waals surface area contributed by atoms with E-state index in [1.54, 1.807) is 24.3 Å². The van der Waals surface area contributed by atoms with E-state index in [0.717, 1.165) is 5.56 Å². The fourth-order valence-corrected chi connectivity index (χ4v) is 4.93. The van der Waals surface area contributed by atoms with Crippen LogP contribution >= 0.6 is 0 Å². The summed E-state index contributed by atoms with van der Waals surface area (Å²) in [6.07, 6.45) is 0.566.